The first-order valence-electron chi connectivity index (χ1n) is 5.28. The molecule has 2 atom stereocenters. The number of rotatable bonds is 5. The molecule has 4 nitrogen and oxygen atoms in total. The molecular weight excluding hydrogens is 240 g/mol. The summed E-state index contributed by atoms with van der Waals surface area (Å²) in [5, 5.41) is 3.20. The van der Waals surface area contributed by atoms with Crippen LogP contribution in [0.15, 0.2) is 24.3 Å². The van der Waals surface area contributed by atoms with Crippen LogP contribution in [0.3, 0.4) is 0 Å². The minimum Gasteiger partial charge on any atom is -0.345 e. The molecule has 0 aliphatic heterocycles. The molecule has 0 heterocycles. The number of carbonyl (C=O) groups excluding carboxylic acids is 2. The van der Waals surface area contributed by atoms with Gasteiger partial charge in [-0.25, -0.2) is 0 Å². The van der Waals surface area contributed by atoms with Gasteiger partial charge in [-0.15, -0.1) is 0 Å². The molecule has 3 N–H and O–H groups in total. The van der Waals surface area contributed by atoms with E-state index in [-0.39, 0.29) is 5.91 Å². The lowest BCUT2D eigenvalue weighted by atomic mass is 10.1. The Labute approximate surface area is 105 Å². The lowest BCUT2D eigenvalue weighted by molar-refractivity contribution is -0.124. The van der Waals surface area contributed by atoms with Gasteiger partial charge < -0.3 is 15.8 Å². The van der Waals surface area contributed by atoms with Crippen molar-refractivity contribution in [2.24, 2.45) is 5.73 Å². The van der Waals surface area contributed by atoms with Crippen LogP contribution in [0.1, 0.15) is 12.5 Å². The number of halogens is 1. The smallest absolute Gasteiger partial charge is 0.237 e. The Morgan fingerprint density at radius 1 is 1.47 bits per heavy atom. The molecule has 0 saturated carbocycles. The van der Waals surface area contributed by atoms with Crippen molar-refractivity contribution in [1.29, 1.82) is 0 Å². The van der Waals surface area contributed by atoms with Crippen LogP contribution in [-0.2, 0) is 16.0 Å². The highest BCUT2D eigenvalue weighted by atomic mass is 35.5. The van der Waals surface area contributed by atoms with Gasteiger partial charge in [-0.3, -0.25) is 4.79 Å². The summed E-state index contributed by atoms with van der Waals surface area (Å²) >= 11 is 5.75. The number of benzene rings is 1. The first kappa shape index (κ1) is 13.7. The van der Waals surface area contributed by atoms with Crippen molar-refractivity contribution < 1.29 is 9.59 Å². The van der Waals surface area contributed by atoms with Crippen molar-refractivity contribution in [2.75, 3.05) is 0 Å². The fourth-order valence-corrected chi connectivity index (χ4v) is 1.45. The van der Waals surface area contributed by atoms with Gasteiger partial charge in [0.15, 0.2) is 0 Å². The Bertz CT molecular complexity index is 390. The van der Waals surface area contributed by atoms with Crippen molar-refractivity contribution in [3.63, 3.8) is 0 Å². The third kappa shape index (κ3) is 4.54. The first-order valence-corrected chi connectivity index (χ1v) is 5.66. The number of hydrogen-bond acceptors (Lipinski definition) is 3. The number of aldehydes is 1. The van der Waals surface area contributed by atoms with E-state index < -0.39 is 12.1 Å². The Morgan fingerprint density at radius 2 is 2.06 bits per heavy atom. The predicted molar refractivity (Wildman–Crippen MR) is 66.8 cm³/mol. The highest BCUT2D eigenvalue weighted by molar-refractivity contribution is 6.30. The molecule has 0 fully saturated rings. The fourth-order valence-electron chi connectivity index (χ4n) is 1.32. The van der Waals surface area contributed by atoms with E-state index in [0.717, 1.165) is 5.56 Å². The van der Waals surface area contributed by atoms with Crippen molar-refractivity contribution in [3.05, 3.63) is 34.9 Å². The molecule has 0 saturated heterocycles. The number of carbonyl (C=O) groups is 2. The van der Waals surface area contributed by atoms with Crippen LogP contribution in [0.5, 0.6) is 0 Å². The summed E-state index contributed by atoms with van der Waals surface area (Å²) in [6.45, 7) is 1.57. The number of nitrogens with one attached hydrogen (secondary N) is 1. The largest absolute Gasteiger partial charge is 0.345 e. The van der Waals surface area contributed by atoms with Gasteiger partial charge in [0.2, 0.25) is 5.91 Å². The van der Waals surface area contributed by atoms with Crippen LogP contribution in [0.25, 0.3) is 0 Å². The standard InChI is InChI=1S/C12H15ClN2O2/c1-8(14)12(17)15-11(7-16)6-9-2-4-10(13)5-3-9/h2-5,7-8,11H,6,14H2,1H3,(H,15,17)/t8-,11+/m0/s1. The summed E-state index contributed by atoms with van der Waals surface area (Å²) in [5.41, 5.74) is 6.33. The zero-order chi connectivity index (χ0) is 12.8. The van der Waals surface area contributed by atoms with Crippen molar-refractivity contribution >= 4 is 23.8 Å². The van der Waals surface area contributed by atoms with Crippen LogP contribution in [0, 0.1) is 0 Å². The van der Waals surface area contributed by atoms with Gasteiger partial charge >= 0.3 is 0 Å². The molecule has 0 spiro atoms. The Morgan fingerprint density at radius 3 is 2.53 bits per heavy atom. The number of amides is 1. The van der Waals surface area contributed by atoms with E-state index in [2.05, 4.69) is 5.32 Å². The average molecular weight is 255 g/mol. The lowest BCUT2D eigenvalue weighted by Gasteiger charge is -2.14. The van der Waals surface area contributed by atoms with Crippen LogP contribution in [-0.4, -0.2) is 24.3 Å². The van der Waals surface area contributed by atoms with Crippen LogP contribution in [0.2, 0.25) is 5.02 Å². The maximum Gasteiger partial charge on any atom is 0.237 e. The molecule has 1 aromatic rings. The summed E-state index contributed by atoms with van der Waals surface area (Å²) in [7, 11) is 0. The molecule has 5 heteroatoms. The topological polar surface area (TPSA) is 72.2 Å². The molecule has 0 bridgehead atoms. The average Bonchev–Trinajstić information content (AvgIpc) is 2.30. The number of nitrogens with two attached hydrogens (primary N) is 1. The van der Waals surface area contributed by atoms with E-state index in [1.807, 2.05) is 12.1 Å². The van der Waals surface area contributed by atoms with E-state index in [4.69, 9.17) is 17.3 Å². The Balaban J connectivity index is 2.61. The molecule has 17 heavy (non-hydrogen) atoms. The summed E-state index contributed by atoms with van der Waals surface area (Å²) < 4.78 is 0. The van der Waals surface area contributed by atoms with E-state index >= 15 is 0 Å². The van der Waals surface area contributed by atoms with Crippen LogP contribution >= 0.6 is 11.6 Å². The minimum absolute atomic E-state index is 0.337. The third-order valence-electron chi connectivity index (χ3n) is 2.27. The zero-order valence-corrected chi connectivity index (χ0v) is 10.3. The van der Waals surface area contributed by atoms with Crippen LogP contribution < -0.4 is 11.1 Å². The summed E-state index contributed by atoms with van der Waals surface area (Å²) in [5.74, 6) is -0.337. The molecule has 1 rings (SSSR count). The van der Waals surface area contributed by atoms with Crippen molar-refractivity contribution in [1.82, 2.24) is 5.32 Å². The molecule has 1 amide bonds. The van der Waals surface area contributed by atoms with Gasteiger partial charge in [0.05, 0.1) is 12.1 Å². The maximum absolute atomic E-state index is 11.3. The van der Waals surface area contributed by atoms with Gasteiger partial charge in [0.1, 0.15) is 6.29 Å². The van der Waals surface area contributed by atoms with Crippen LogP contribution in [0.4, 0.5) is 0 Å². The van der Waals surface area contributed by atoms with E-state index in [9.17, 15) is 9.59 Å². The SMILES string of the molecule is C[C@H](N)C(=O)N[C@@H](C=O)Cc1ccc(Cl)cc1. The summed E-state index contributed by atoms with van der Waals surface area (Å²) in [4.78, 5) is 22.2. The van der Waals surface area contributed by atoms with Gasteiger partial charge in [-0.05, 0) is 31.0 Å². The Kier molecular flexibility index (Phi) is 5.12. The molecule has 1 aromatic carbocycles. The monoisotopic (exact) mass is 254 g/mol. The predicted octanol–water partition coefficient (Wildman–Crippen LogP) is 0.913. The fraction of sp³-hybridized carbons (Fsp3) is 0.333. The van der Waals surface area contributed by atoms with E-state index in [1.54, 1.807) is 19.1 Å². The summed E-state index contributed by atoms with van der Waals surface area (Å²) in [6.07, 6.45) is 1.13. The summed E-state index contributed by atoms with van der Waals surface area (Å²) in [6, 6.07) is 5.93. The second-order valence-corrected chi connectivity index (χ2v) is 4.31. The maximum atomic E-state index is 11.3. The lowest BCUT2D eigenvalue weighted by Crippen LogP contribution is -2.45. The van der Waals surface area contributed by atoms with Gasteiger partial charge in [-0.1, -0.05) is 23.7 Å². The second kappa shape index (κ2) is 6.37. The van der Waals surface area contributed by atoms with Gasteiger partial charge in [-0.2, -0.15) is 0 Å². The molecule has 0 aliphatic carbocycles. The first-order chi connectivity index (χ1) is 8.02. The highest BCUT2D eigenvalue weighted by Crippen LogP contribution is 2.10. The molecule has 0 aromatic heterocycles. The van der Waals surface area contributed by atoms with E-state index in [0.29, 0.717) is 17.7 Å². The zero-order valence-electron chi connectivity index (χ0n) is 9.52. The molecule has 0 unspecified atom stereocenters. The molecular formula is C12H15ClN2O2. The highest BCUT2D eigenvalue weighted by Gasteiger charge is 2.14. The number of hydrogen-bond donors (Lipinski definition) is 2. The normalized spacial score (nSPS) is 13.8. The Hall–Kier alpha value is -1.39. The van der Waals surface area contributed by atoms with Gasteiger partial charge in [0.25, 0.3) is 0 Å². The van der Waals surface area contributed by atoms with Crippen molar-refractivity contribution in [2.45, 2.75) is 25.4 Å². The molecule has 0 aliphatic rings. The molecule has 92 valence electrons. The third-order valence-corrected chi connectivity index (χ3v) is 2.53. The van der Waals surface area contributed by atoms with Gasteiger partial charge in [0, 0.05) is 5.02 Å². The van der Waals surface area contributed by atoms with Crippen molar-refractivity contribution in [3.8, 4) is 0 Å². The molecule has 0 radical (unpaired) electrons. The van der Waals surface area contributed by atoms with E-state index in [1.165, 1.54) is 0 Å². The second-order valence-electron chi connectivity index (χ2n) is 3.87. The quantitative estimate of drug-likeness (QED) is 0.768. The minimum atomic E-state index is -0.623.